The standard InChI is InChI=1S/C18H16N2O2S/c1-22-12-7-8-15-16(9-12)23-18(19-15)20-17(21)14-10-13(14)11-5-3-2-4-6-11/h2-9,13-14H,10H2,1H3,(H,19,20,21)/t13-,14-/m0/s1. The molecule has 1 amide bonds. The van der Waals surface area contributed by atoms with Gasteiger partial charge in [-0.2, -0.15) is 0 Å². The molecule has 4 rings (SSSR count). The van der Waals surface area contributed by atoms with E-state index >= 15 is 0 Å². The molecule has 0 bridgehead atoms. The molecule has 2 atom stereocenters. The Bertz CT molecular complexity index is 860. The van der Waals surface area contributed by atoms with Crippen LogP contribution in [0.2, 0.25) is 0 Å². The van der Waals surface area contributed by atoms with E-state index in [-0.39, 0.29) is 11.8 Å². The number of hydrogen-bond acceptors (Lipinski definition) is 4. The zero-order valence-electron chi connectivity index (χ0n) is 12.7. The highest BCUT2D eigenvalue weighted by Crippen LogP contribution is 2.48. The maximum Gasteiger partial charge on any atom is 0.229 e. The van der Waals surface area contributed by atoms with Crippen LogP contribution in [0.15, 0.2) is 48.5 Å². The highest BCUT2D eigenvalue weighted by Gasteiger charge is 2.44. The molecule has 0 radical (unpaired) electrons. The molecule has 0 spiro atoms. The monoisotopic (exact) mass is 324 g/mol. The summed E-state index contributed by atoms with van der Waals surface area (Å²) in [5, 5.41) is 3.61. The summed E-state index contributed by atoms with van der Waals surface area (Å²) in [6.45, 7) is 0. The fourth-order valence-corrected chi connectivity index (χ4v) is 3.73. The zero-order chi connectivity index (χ0) is 15.8. The van der Waals surface area contributed by atoms with Crippen molar-refractivity contribution in [1.29, 1.82) is 0 Å². The van der Waals surface area contributed by atoms with Crippen LogP contribution in [0.1, 0.15) is 17.9 Å². The number of rotatable bonds is 4. The lowest BCUT2D eigenvalue weighted by Gasteiger charge is -2.01. The number of carbonyl (C=O) groups excluding carboxylic acids is 1. The van der Waals surface area contributed by atoms with Crippen LogP contribution in [0.3, 0.4) is 0 Å². The van der Waals surface area contributed by atoms with Crippen LogP contribution in [0.5, 0.6) is 5.75 Å². The van der Waals surface area contributed by atoms with E-state index in [0.717, 1.165) is 22.4 Å². The largest absolute Gasteiger partial charge is 0.497 e. The summed E-state index contributed by atoms with van der Waals surface area (Å²) in [7, 11) is 1.64. The minimum Gasteiger partial charge on any atom is -0.497 e. The summed E-state index contributed by atoms with van der Waals surface area (Å²) in [6.07, 6.45) is 0.911. The molecule has 1 N–H and O–H groups in total. The molecule has 1 heterocycles. The third-order valence-corrected chi connectivity index (χ3v) is 5.11. The first-order valence-corrected chi connectivity index (χ1v) is 8.36. The SMILES string of the molecule is COc1ccc2nc(NC(=O)[C@H]3C[C@H]3c3ccccc3)sc2c1. The molecule has 4 nitrogen and oxygen atoms in total. The van der Waals surface area contributed by atoms with Gasteiger partial charge in [-0.15, -0.1) is 0 Å². The Morgan fingerprint density at radius 2 is 2.09 bits per heavy atom. The topological polar surface area (TPSA) is 51.2 Å². The van der Waals surface area contributed by atoms with Gasteiger partial charge >= 0.3 is 0 Å². The second-order valence-electron chi connectivity index (χ2n) is 5.70. The Balaban J connectivity index is 1.47. The van der Waals surface area contributed by atoms with Crippen LogP contribution < -0.4 is 10.1 Å². The fraction of sp³-hybridized carbons (Fsp3) is 0.222. The molecule has 1 aromatic heterocycles. The Morgan fingerprint density at radius 1 is 1.26 bits per heavy atom. The van der Waals surface area contributed by atoms with E-state index in [1.165, 1.54) is 16.9 Å². The first kappa shape index (κ1) is 14.2. The molecular weight excluding hydrogens is 308 g/mol. The summed E-state index contributed by atoms with van der Waals surface area (Å²) in [4.78, 5) is 16.9. The Morgan fingerprint density at radius 3 is 2.87 bits per heavy atom. The number of nitrogens with zero attached hydrogens (tertiary/aromatic N) is 1. The molecule has 1 saturated carbocycles. The molecular formula is C18H16N2O2S. The van der Waals surface area contributed by atoms with Crippen LogP contribution >= 0.6 is 11.3 Å². The fourth-order valence-electron chi connectivity index (χ4n) is 2.84. The van der Waals surface area contributed by atoms with E-state index in [1.54, 1.807) is 7.11 Å². The van der Waals surface area contributed by atoms with Crippen molar-refractivity contribution < 1.29 is 9.53 Å². The first-order valence-electron chi connectivity index (χ1n) is 7.55. The lowest BCUT2D eigenvalue weighted by atomic mass is 10.1. The predicted octanol–water partition coefficient (Wildman–Crippen LogP) is 4.05. The van der Waals surface area contributed by atoms with Gasteiger partial charge in [0, 0.05) is 5.92 Å². The van der Waals surface area contributed by atoms with Crippen molar-refractivity contribution in [2.24, 2.45) is 5.92 Å². The summed E-state index contributed by atoms with van der Waals surface area (Å²) in [5.41, 5.74) is 2.11. The van der Waals surface area contributed by atoms with Gasteiger partial charge in [-0.25, -0.2) is 4.98 Å². The van der Waals surface area contributed by atoms with Crippen molar-refractivity contribution in [1.82, 2.24) is 4.98 Å². The molecule has 1 aliphatic carbocycles. The average molecular weight is 324 g/mol. The Labute approximate surface area is 138 Å². The van der Waals surface area contributed by atoms with Crippen LogP contribution in [-0.4, -0.2) is 18.0 Å². The molecule has 5 heteroatoms. The van der Waals surface area contributed by atoms with Crippen molar-refractivity contribution in [3.8, 4) is 5.75 Å². The average Bonchev–Trinajstić information content (AvgIpc) is 3.29. The number of anilines is 1. The quantitative estimate of drug-likeness (QED) is 0.788. The molecule has 0 aliphatic heterocycles. The third-order valence-electron chi connectivity index (χ3n) is 4.18. The molecule has 0 unspecified atom stereocenters. The zero-order valence-corrected chi connectivity index (χ0v) is 13.5. The number of carbonyl (C=O) groups is 1. The predicted molar refractivity (Wildman–Crippen MR) is 92.1 cm³/mol. The van der Waals surface area contributed by atoms with Gasteiger partial charge in [0.05, 0.1) is 17.3 Å². The second kappa shape index (κ2) is 5.66. The van der Waals surface area contributed by atoms with Gasteiger partial charge in [0.25, 0.3) is 0 Å². The molecule has 116 valence electrons. The van der Waals surface area contributed by atoms with Gasteiger partial charge in [-0.3, -0.25) is 4.79 Å². The van der Waals surface area contributed by atoms with Crippen LogP contribution in [0.4, 0.5) is 5.13 Å². The number of hydrogen-bond donors (Lipinski definition) is 1. The number of ether oxygens (including phenoxy) is 1. The summed E-state index contributed by atoms with van der Waals surface area (Å²) in [5.74, 6) is 1.25. The molecule has 1 aliphatic rings. The van der Waals surface area contributed by atoms with Crippen LogP contribution in [0, 0.1) is 5.92 Å². The third kappa shape index (κ3) is 2.80. The molecule has 3 aromatic rings. The summed E-state index contributed by atoms with van der Waals surface area (Å²) in [6, 6.07) is 15.9. The van der Waals surface area contributed by atoms with E-state index < -0.39 is 0 Å². The van der Waals surface area contributed by atoms with E-state index in [2.05, 4.69) is 22.4 Å². The van der Waals surface area contributed by atoms with Crippen molar-refractivity contribution in [2.75, 3.05) is 12.4 Å². The number of thiazole rings is 1. The minimum absolute atomic E-state index is 0.0546. The smallest absolute Gasteiger partial charge is 0.229 e. The maximum atomic E-state index is 12.4. The van der Waals surface area contributed by atoms with E-state index in [1.807, 2.05) is 36.4 Å². The minimum atomic E-state index is 0.0546. The van der Waals surface area contributed by atoms with Gasteiger partial charge in [-0.1, -0.05) is 41.7 Å². The molecule has 0 saturated heterocycles. The number of benzene rings is 2. The lowest BCUT2D eigenvalue weighted by Crippen LogP contribution is -2.14. The summed E-state index contributed by atoms with van der Waals surface area (Å²) < 4.78 is 6.22. The van der Waals surface area contributed by atoms with E-state index in [9.17, 15) is 4.79 Å². The van der Waals surface area contributed by atoms with Crippen molar-refractivity contribution in [3.63, 3.8) is 0 Å². The Hall–Kier alpha value is -2.40. The van der Waals surface area contributed by atoms with Gasteiger partial charge in [0.2, 0.25) is 5.91 Å². The Kier molecular flexibility index (Phi) is 3.50. The van der Waals surface area contributed by atoms with E-state index in [0.29, 0.717) is 11.0 Å². The number of nitrogens with one attached hydrogen (secondary N) is 1. The molecule has 23 heavy (non-hydrogen) atoms. The highest BCUT2D eigenvalue weighted by molar-refractivity contribution is 7.22. The van der Waals surface area contributed by atoms with Gasteiger partial charge in [0.1, 0.15) is 5.75 Å². The number of methoxy groups -OCH3 is 1. The number of amides is 1. The van der Waals surface area contributed by atoms with Gasteiger partial charge in [0.15, 0.2) is 5.13 Å². The number of aromatic nitrogens is 1. The van der Waals surface area contributed by atoms with E-state index in [4.69, 9.17) is 4.74 Å². The second-order valence-corrected chi connectivity index (χ2v) is 6.73. The van der Waals surface area contributed by atoms with Crippen LogP contribution in [0.25, 0.3) is 10.2 Å². The van der Waals surface area contributed by atoms with Gasteiger partial charge < -0.3 is 10.1 Å². The number of fused-ring (bicyclic) bond motifs is 1. The van der Waals surface area contributed by atoms with Crippen LogP contribution in [-0.2, 0) is 4.79 Å². The molecule has 1 fully saturated rings. The highest BCUT2D eigenvalue weighted by atomic mass is 32.1. The van der Waals surface area contributed by atoms with Crippen molar-refractivity contribution in [2.45, 2.75) is 12.3 Å². The van der Waals surface area contributed by atoms with Crippen molar-refractivity contribution >= 4 is 32.6 Å². The normalized spacial score (nSPS) is 19.5. The van der Waals surface area contributed by atoms with Gasteiger partial charge in [-0.05, 0) is 36.1 Å². The lowest BCUT2D eigenvalue weighted by molar-refractivity contribution is -0.117. The van der Waals surface area contributed by atoms with Crippen molar-refractivity contribution in [3.05, 3.63) is 54.1 Å². The molecule has 2 aromatic carbocycles. The maximum absolute atomic E-state index is 12.4. The summed E-state index contributed by atoms with van der Waals surface area (Å²) >= 11 is 1.47. The first-order chi connectivity index (χ1) is 11.2.